The Kier molecular flexibility index (Phi) is 37.5. The first-order chi connectivity index (χ1) is 40.3. The van der Waals surface area contributed by atoms with Crippen molar-refractivity contribution in [2.24, 2.45) is 65.1 Å². The molecule has 5 amide bonds. The fourth-order valence-electron chi connectivity index (χ4n) is 11.4. The predicted octanol–water partition coefficient (Wildman–Crippen LogP) is 8.33. The van der Waals surface area contributed by atoms with E-state index in [2.05, 4.69) is 20.7 Å². The van der Waals surface area contributed by atoms with Gasteiger partial charge in [0.1, 0.15) is 12.1 Å². The van der Waals surface area contributed by atoms with Crippen LogP contribution < -0.4 is 16.0 Å². The topological polar surface area (TPSA) is 269 Å². The van der Waals surface area contributed by atoms with Crippen LogP contribution in [0.3, 0.4) is 0 Å². The molecule has 0 aromatic rings. The maximum absolute atomic E-state index is 14.9. The zero-order valence-corrected chi connectivity index (χ0v) is 57.6. The summed E-state index contributed by atoms with van der Waals surface area (Å²) in [4.78, 5) is 171. The van der Waals surface area contributed by atoms with Gasteiger partial charge in [0.05, 0.1) is 49.7 Å². The van der Waals surface area contributed by atoms with Gasteiger partial charge in [-0.1, -0.05) is 116 Å². The van der Waals surface area contributed by atoms with E-state index in [4.69, 9.17) is 4.74 Å². The zero-order chi connectivity index (χ0) is 67.5. The van der Waals surface area contributed by atoms with Crippen molar-refractivity contribution in [1.29, 1.82) is 0 Å². The molecule has 0 heterocycles. The van der Waals surface area contributed by atoms with E-state index >= 15 is 0 Å². The van der Waals surface area contributed by atoms with Gasteiger partial charge >= 0.3 is 11.9 Å². The summed E-state index contributed by atoms with van der Waals surface area (Å²) in [5, 5.41) is 8.59. The zero-order valence-electron chi connectivity index (χ0n) is 57.6. The first-order valence-corrected chi connectivity index (χ1v) is 31.9. The third-order valence-electron chi connectivity index (χ3n) is 16.4. The molecule has 0 fully saturated rings. The minimum absolute atomic E-state index is 0.00196. The number of amides is 5. The van der Waals surface area contributed by atoms with Gasteiger partial charge in [0.25, 0.3) is 0 Å². The van der Waals surface area contributed by atoms with Crippen LogP contribution in [-0.4, -0.2) is 163 Å². The van der Waals surface area contributed by atoms with Crippen molar-refractivity contribution in [1.82, 2.24) is 30.7 Å². The normalized spacial score (nSPS) is 16.0. The van der Waals surface area contributed by atoms with Gasteiger partial charge in [-0.05, 0) is 101 Å². The van der Waals surface area contributed by atoms with Crippen LogP contribution in [-0.2, 0) is 67.0 Å². The number of likely N-dealkylation sites (N-methyl/N-ethyl adjacent to an activating group) is 4. The smallest absolute Gasteiger partial charge is 0.305 e. The second-order valence-electron chi connectivity index (χ2n) is 26.8. The summed E-state index contributed by atoms with van der Waals surface area (Å²) in [6, 6.07) is -5.62. The van der Waals surface area contributed by atoms with Crippen LogP contribution in [0.15, 0.2) is 12.2 Å². The van der Waals surface area contributed by atoms with Crippen molar-refractivity contribution in [2.45, 2.75) is 244 Å². The molecule has 3 N–H and O–H groups in total. The average Bonchev–Trinajstić information content (AvgIpc) is 1.97. The largest absolute Gasteiger partial charge is 0.469 e. The second kappa shape index (κ2) is 40.1. The van der Waals surface area contributed by atoms with Gasteiger partial charge in [0.15, 0.2) is 28.9 Å². The van der Waals surface area contributed by atoms with Gasteiger partial charge in [0.2, 0.25) is 29.5 Å². The quantitative estimate of drug-likeness (QED) is 0.0382. The molecule has 0 saturated carbocycles. The summed E-state index contributed by atoms with van der Waals surface area (Å²) in [6.45, 7) is 32.3. The van der Waals surface area contributed by atoms with Crippen molar-refractivity contribution in [2.75, 3.05) is 35.3 Å². The number of ketones is 5. The lowest BCUT2D eigenvalue weighted by molar-refractivity contribution is -0.158. The number of methoxy groups -OCH3 is 1. The van der Waals surface area contributed by atoms with Crippen LogP contribution in [0.25, 0.3) is 0 Å². The number of carbonyl (C=O) groups excluding carboxylic acids is 12. The Bertz CT molecular complexity index is 2310. The summed E-state index contributed by atoms with van der Waals surface area (Å²) in [7, 11) is 7.46. The molecule has 0 aromatic heterocycles. The first kappa shape index (κ1) is 81.3. The summed E-state index contributed by atoms with van der Waals surface area (Å²) >= 11 is 0. The highest BCUT2D eigenvalue weighted by Gasteiger charge is 2.43. The predicted molar refractivity (Wildman–Crippen MR) is 338 cm³/mol. The summed E-state index contributed by atoms with van der Waals surface area (Å²) in [6.07, 6.45) is 3.03. The van der Waals surface area contributed by atoms with Crippen LogP contribution in [0.5, 0.6) is 0 Å². The number of rotatable bonds is 43. The third-order valence-corrected chi connectivity index (χ3v) is 16.4. The first-order valence-electron chi connectivity index (χ1n) is 31.9. The van der Waals surface area contributed by atoms with Crippen molar-refractivity contribution >= 4 is 70.4 Å². The molecule has 0 bridgehead atoms. The summed E-state index contributed by atoms with van der Waals surface area (Å²) in [5.41, 5.74) is 0. The fourth-order valence-corrected chi connectivity index (χ4v) is 11.4. The van der Waals surface area contributed by atoms with E-state index in [0.717, 1.165) is 0 Å². The number of nitrogens with zero attached hydrogens (tertiary/aromatic N) is 3. The van der Waals surface area contributed by atoms with E-state index in [1.54, 1.807) is 54.8 Å². The molecule has 0 rings (SSSR count). The Labute approximate surface area is 522 Å². The number of esters is 2. The van der Waals surface area contributed by atoms with Gasteiger partial charge in [-0.25, -0.2) is 0 Å². The lowest BCUT2D eigenvalue weighted by Crippen LogP contribution is -2.53. The lowest BCUT2D eigenvalue weighted by Gasteiger charge is -2.36. The highest BCUT2D eigenvalue weighted by molar-refractivity contribution is 5.99. The van der Waals surface area contributed by atoms with Crippen molar-refractivity contribution in [3.63, 3.8) is 0 Å². The van der Waals surface area contributed by atoms with Gasteiger partial charge < -0.3 is 40.1 Å². The molecule has 0 saturated heterocycles. The summed E-state index contributed by atoms with van der Waals surface area (Å²) in [5.74, 6) is -10.7. The molecule has 20 nitrogen and oxygen atoms in total. The molecule has 0 radical (unpaired) electrons. The highest BCUT2D eigenvalue weighted by atomic mass is 16.5. The molecular weight excluding hydrogens is 1110 g/mol. The Morgan fingerprint density at radius 3 is 1.47 bits per heavy atom. The number of carbonyl (C=O) groups is 12. The number of Topliss-reactive ketones (excluding diaryl/α,β-unsaturated/α-hetero) is 5. The maximum atomic E-state index is 14.9. The standard InChI is InChI=1S/C67H116N6O14/c1-24-26-27-44(15)62(87-47(18)74)50(64(82)70-51(25-2)55(75)28-29-60(80)86-23)37-59(79)61(43(13)14)73(22)66(84)48(30-38(3)4)35-58(78)54(33-41(9)10)71(20)65(83)46(17)69-63(81)45(16)34-57(77)53(32-40(7)8)72(21)67(85)49(42(11)12)36-56(76)52(68-19)31-39(5)6/h24,26,38-46,48-54,61-62,68H,25,27-37H2,1-23H3,(H,69,81)(H,70,82)/b26-24+/t44-,45-,46-,48-,49+,50+,51+,52+,53+,54+,61+,62-/m1/s1. The Morgan fingerprint density at radius 2 is 1.02 bits per heavy atom. The maximum Gasteiger partial charge on any atom is 0.305 e. The fraction of sp³-hybridized carbons (Fsp3) is 0.791. The van der Waals surface area contributed by atoms with Gasteiger partial charge in [-0.15, -0.1) is 0 Å². The Hall–Kier alpha value is -5.66. The second-order valence-corrected chi connectivity index (χ2v) is 26.8. The van der Waals surface area contributed by atoms with E-state index in [1.165, 1.54) is 49.8 Å². The van der Waals surface area contributed by atoms with Gasteiger partial charge in [-0.2, -0.15) is 0 Å². The van der Waals surface area contributed by atoms with Crippen molar-refractivity contribution in [3.8, 4) is 0 Å². The van der Waals surface area contributed by atoms with E-state index in [1.807, 2.05) is 82.2 Å². The third kappa shape index (κ3) is 27.7. The molecule has 12 atom stereocenters. The number of hydrogen-bond donors (Lipinski definition) is 3. The van der Waals surface area contributed by atoms with Gasteiger partial charge in [-0.3, -0.25) is 57.5 Å². The van der Waals surface area contributed by atoms with Crippen LogP contribution in [0.2, 0.25) is 0 Å². The Balaban J connectivity index is 6.90. The number of nitrogens with one attached hydrogen (secondary N) is 3. The number of allylic oxidation sites excluding steroid dienone is 2. The average molecular weight is 1230 g/mol. The minimum Gasteiger partial charge on any atom is -0.469 e. The molecule has 0 spiro atoms. The van der Waals surface area contributed by atoms with E-state index in [0.29, 0.717) is 19.3 Å². The van der Waals surface area contributed by atoms with Crippen LogP contribution >= 0.6 is 0 Å². The molecule has 0 aliphatic carbocycles. The highest BCUT2D eigenvalue weighted by Crippen LogP contribution is 2.30. The molecular formula is C67H116N6O14. The van der Waals surface area contributed by atoms with E-state index < -0.39 is 137 Å². The minimum atomic E-state index is -1.31. The monoisotopic (exact) mass is 1230 g/mol. The van der Waals surface area contributed by atoms with Crippen LogP contribution in [0.1, 0.15) is 202 Å². The molecule has 20 heteroatoms. The van der Waals surface area contributed by atoms with Crippen LogP contribution in [0, 0.1) is 65.1 Å². The van der Waals surface area contributed by atoms with Crippen LogP contribution in [0.4, 0.5) is 0 Å². The molecule has 87 heavy (non-hydrogen) atoms. The molecule has 498 valence electrons. The number of ether oxygens (including phenoxy) is 2. The molecule has 0 aliphatic rings. The summed E-state index contributed by atoms with van der Waals surface area (Å²) < 4.78 is 10.5. The Morgan fingerprint density at radius 1 is 0.517 bits per heavy atom. The van der Waals surface area contributed by atoms with Crippen molar-refractivity contribution < 1.29 is 67.0 Å². The molecule has 0 unspecified atom stereocenters. The molecule has 0 aromatic carbocycles. The number of hydrogen-bond acceptors (Lipinski definition) is 15. The SMILES string of the molecule is C/C=C/C[C@@H](C)[C@@H](OC(C)=O)[C@H](CC(=O)[C@H](C(C)C)N(C)C(=O)[C@@H](CC(=O)[C@H](CC(C)C)N(C)C(=O)[C@@H](C)NC(=O)[C@H](C)CC(=O)[C@H](CC(C)C)N(C)C(=O)[C@@H](CC(=O)[C@H](CC(C)C)NC)C(C)C)CC(C)C)C(=O)N[C@@H](CC)C(=O)CCC(=O)OC. The van der Waals surface area contributed by atoms with Gasteiger partial charge in [0, 0.05) is 77.9 Å². The molecule has 0 aliphatic heterocycles. The van der Waals surface area contributed by atoms with E-state index in [-0.39, 0.29) is 98.4 Å². The van der Waals surface area contributed by atoms with Crippen molar-refractivity contribution in [3.05, 3.63) is 12.2 Å². The lowest BCUT2D eigenvalue weighted by atomic mass is 9.82. The van der Waals surface area contributed by atoms with E-state index in [9.17, 15) is 57.5 Å².